The van der Waals surface area contributed by atoms with Crippen molar-refractivity contribution in [2.75, 3.05) is 40.3 Å². The first kappa shape index (κ1) is 18.5. The number of amides is 1. The van der Waals surface area contributed by atoms with E-state index < -0.39 is 0 Å². The molecule has 140 valence electrons. The number of rotatable bonds is 5. The van der Waals surface area contributed by atoms with Crippen molar-refractivity contribution in [1.29, 1.82) is 0 Å². The first-order chi connectivity index (χ1) is 11.9. The summed E-state index contributed by atoms with van der Waals surface area (Å²) in [5, 5.41) is 0. The zero-order valence-electron chi connectivity index (χ0n) is 16.3. The molecule has 25 heavy (non-hydrogen) atoms. The second-order valence-corrected chi connectivity index (χ2v) is 8.20. The number of nitrogens with zero attached hydrogens (tertiary/aromatic N) is 3. The molecule has 2 aliphatic heterocycles. The van der Waals surface area contributed by atoms with E-state index in [0.717, 1.165) is 50.5 Å². The molecule has 0 aliphatic carbocycles. The van der Waals surface area contributed by atoms with Gasteiger partial charge in [-0.25, -0.2) is 0 Å². The lowest BCUT2D eigenvalue weighted by Gasteiger charge is -2.37. The molecule has 0 saturated carbocycles. The average molecular weight is 348 g/mol. The molecule has 5 heteroatoms. The SMILES string of the molecule is CCCN1CC2(CCN(C)CC2)C[C@H]1C(=O)N(C)Cc1ccc(C)o1. The van der Waals surface area contributed by atoms with Crippen LogP contribution in [0.15, 0.2) is 16.5 Å². The Morgan fingerprint density at radius 2 is 2.08 bits per heavy atom. The Morgan fingerprint density at radius 1 is 1.36 bits per heavy atom. The van der Waals surface area contributed by atoms with Crippen LogP contribution in [0, 0.1) is 12.3 Å². The Balaban J connectivity index is 1.68. The summed E-state index contributed by atoms with van der Waals surface area (Å²) in [7, 11) is 4.11. The highest BCUT2D eigenvalue weighted by atomic mass is 16.3. The van der Waals surface area contributed by atoms with Crippen LogP contribution in [-0.4, -0.2) is 66.9 Å². The Bertz CT molecular complexity index is 590. The zero-order chi connectivity index (χ0) is 18.0. The number of hydrogen-bond donors (Lipinski definition) is 0. The number of furan rings is 1. The maximum Gasteiger partial charge on any atom is 0.240 e. The number of piperidine rings is 1. The minimum Gasteiger partial charge on any atom is -0.464 e. The van der Waals surface area contributed by atoms with Crippen LogP contribution in [0.2, 0.25) is 0 Å². The van der Waals surface area contributed by atoms with Crippen molar-refractivity contribution >= 4 is 5.91 Å². The molecule has 0 aromatic carbocycles. The minimum atomic E-state index is 0.0319. The van der Waals surface area contributed by atoms with Gasteiger partial charge in [0.1, 0.15) is 11.5 Å². The molecule has 0 N–H and O–H groups in total. The van der Waals surface area contributed by atoms with Crippen LogP contribution in [0.1, 0.15) is 44.1 Å². The van der Waals surface area contributed by atoms with Crippen molar-refractivity contribution in [3.05, 3.63) is 23.7 Å². The van der Waals surface area contributed by atoms with E-state index in [0.29, 0.717) is 12.0 Å². The second kappa shape index (κ2) is 7.50. The molecule has 0 unspecified atom stereocenters. The normalized spacial score (nSPS) is 24.1. The molecular weight excluding hydrogens is 314 g/mol. The standard InChI is InChI=1S/C20H33N3O2/c1-5-10-23-15-20(8-11-21(3)12-9-20)13-18(23)19(24)22(4)14-17-7-6-16(2)25-17/h6-7,18H,5,8-15H2,1-4H3/t18-/m0/s1. The Hall–Kier alpha value is -1.33. The topological polar surface area (TPSA) is 39.9 Å². The summed E-state index contributed by atoms with van der Waals surface area (Å²) in [6.45, 7) is 9.11. The summed E-state index contributed by atoms with van der Waals surface area (Å²) < 4.78 is 5.65. The van der Waals surface area contributed by atoms with Crippen LogP contribution >= 0.6 is 0 Å². The van der Waals surface area contributed by atoms with Crippen molar-refractivity contribution in [3.63, 3.8) is 0 Å². The molecule has 0 bridgehead atoms. The van der Waals surface area contributed by atoms with Crippen molar-refractivity contribution in [2.24, 2.45) is 5.41 Å². The average Bonchev–Trinajstić information content (AvgIpc) is 3.14. The zero-order valence-corrected chi connectivity index (χ0v) is 16.3. The molecule has 2 saturated heterocycles. The number of hydrogen-bond acceptors (Lipinski definition) is 4. The highest BCUT2D eigenvalue weighted by Crippen LogP contribution is 2.43. The van der Waals surface area contributed by atoms with Crippen LogP contribution in [0.5, 0.6) is 0 Å². The van der Waals surface area contributed by atoms with Crippen LogP contribution in [-0.2, 0) is 11.3 Å². The van der Waals surface area contributed by atoms with Gasteiger partial charge in [0.15, 0.2) is 0 Å². The lowest BCUT2D eigenvalue weighted by Crippen LogP contribution is -2.44. The molecule has 3 heterocycles. The summed E-state index contributed by atoms with van der Waals surface area (Å²) in [6.07, 6.45) is 4.55. The summed E-state index contributed by atoms with van der Waals surface area (Å²) in [5.41, 5.74) is 0.337. The van der Waals surface area contributed by atoms with Gasteiger partial charge in [0.05, 0.1) is 12.6 Å². The Kier molecular flexibility index (Phi) is 5.54. The predicted molar refractivity (Wildman–Crippen MR) is 99.4 cm³/mol. The molecule has 2 fully saturated rings. The third kappa shape index (κ3) is 4.09. The largest absolute Gasteiger partial charge is 0.464 e. The molecule has 1 aromatic rings. The molecule has 1 spiro atoms. The van der Waals surface area contributed by atoms with E-state index in [-0.39, 0.29) is 11.9 Å². The maximum atomic E-state index is 13.2. The van der Waals surface area contributed by atoms with Gasteiger partial charge in [-0.1, -0.05) is 6.92 Å². The van der Waals surface area contributed by atoms with Crippen molar-refractivity contribution in [1.82, 2.24) is 14.7 Å². The van der Waals surface area contributed by atoms with Crippen LogP contribution in [0.25, 0.3) is 0 Å². The number of likely N-dealkylation sites (N-methyl/N-ethyl adjacent to an activating group) is 1. The molecule has 3 rings (SSSR count). The van der Waals surface area contributed by atoms with Crippen molar-refractivity contribution < 1.29 is 9.21 Å². The van der Waals surface area contributed by atoms with E-state index in [1.807, 2.05) is 31.0 Å². The first-order valence-electron chi connectivity index (χ1n) is 9.65. The van der Waals surface area contributed by atoms with Gasteiger partial charge >= 0.3 is 0 Å². The van der Waals surface area contributed by atoms with Gasteiger partial charge in [-0.15, -0.1) is 0 Å². The summed E-state index contributed by atoms with van der Waals surface area (Å²) >= 11 is 0. The van der Waals surface area contributed by atoms with E-state index in [4.69, 9.17) is 4.42 Å². The summed E-state index contributed by atoms with van der Waals surface area (Å²) in [6, 6.07) is 3.96. The van der Waals surface area contributed by atoms with Crippen LogP contribution in [0.4, 0.5) is 0 Å². The van der Waals surface area contributed by atoms with E-state index in [1.165, 1.54) is 12.8 Å². The molecule has 0 radical (unpaired) electrons. The van der Waals surface area contributed by atoms with Crippen molar-refractivity contribution in [2.45, 2.75) is 52.1 Å². The van der Waals surface area contributed by atoms with Gasteiger partial charge in [-0.2, -0.15) is 0 Å². The molecule has 2 aliphatic rings. The fourth-order valence-corrected chi connectivity index (χ4v) is 4.50. The van der Waals surface area contributed by atoms with E-state index in [2.05, 4.69) is 23.8 Å². The molecule has 1 atom stereocenters. The minimum absolute atomic E-state index is 0.0319. The fourth-order valence-electron chi connectivity index (χ4n) is 4.50. The van der Waals surface area contributed by atoms with Gasteiger partial charge in [0.2, 0.25) is 5.91 Å². The molecule has 1 aromatic heterocycles. The maximum absolute atomic E-state index is 13.2. The third-order valence-corrected chi connectivity index (χ3v) is 6.01. The van der Waals surface area contributed by atoms with Crippen molar-refractivity contribution in [3.8, 4) is 0 Å². The molecule has 1 amide bonds. The summed E-state index contributed by atoms with van der Waals surface area (Å²) in [5.74, 6) is 2.01. The van der Waals surface area contributed by atoms with Gasteiger partial charge in [0.25, 0.3) is 0 Å². The third-order valence-electron chi connectivity index (χ3n) is 6.01. The summed E-state index contributed by atoms with van der Waals surface area (Å²) in [4.78, 5) is 19.9. The second-order valence-electron chi connectivity index (χ2n) is 8.20. The smallest absolute Gasteiger partial charge is 0.240 e. The number of likely N-dealkylation sites (tertiary alicyclic amines) is 2. The van der Waals surface area contributed by atoms with Gasteiger partial charge in [-0.3, -0.25) is 9.69 Å². The quantitative estimate of drug-likeness (QED) is 0.821. The molecular formula is C20H33N3O2. The van der Waals surface area contributed by atoms with Gasteiger partial charge in [0, 0.05) is 13.6 Å². The Labute approximate surface area is 151 Å². The molecule has 5 nitrogen and oxygen atoms in total. The predicted octanol–water partition coefficient (Wildman–Crippen LogP) is 2.74. The lowest BCUT2D eigenvalue weighted by atomic mass is 9.76. The van der Waals surface area contributed by atoms with Gasteiger partial charge in [-0.05, 0) is 76.8 Å². The number of carbonyl (C=O) groups is 1. The Morgan fingerprint density at radius 3 is 2.68 bits per heavy atom. The highest BCUT2D eigenvalue weighted by Gasteiger charge is 2.47. The number of aryl methyl sites for hydroxylation is 1. The van der Waals surface area contributed by atoms with E-state index in [9.17, 15) is 4.79 Å². The highest BCUT2D eigenvalue weighted by molar-refractivity contribution is 5.82. The van der Waals surface area contributed by atoms with E-state index in [1.54, 1.807) is 0 Å². The monoisotopic (exact) mass is 347 g/mol. The van der Waals surface area contributed by atoms with Gasteiger partial charge < -0.3 is 14.2 Å². The van der Waals surface area contributed by atoms with Crippen LogP contribution < -0.4 is 0 Å². The number of carbonyl (C=O) groups excluding carboxylic acids is 1. The lowest BCUT2D eigenvalue weighted by molar-refractivity contribution is -0.135. The van der Waals surface area contributed by atoms with E-state index >= 15 is 0 Å². The van der Waals surface area contributed by atoms with Crippen LogP contribution in [0.3, 0.4) is 0 Å². The fraction of sp³-hybridized carbons (Fsp3) is 0.750. The first-order valence-corrected chi connectivity index (χ1v) is 9.65.